The van der Waals surface area contributed by atoms with E-state index in [4.69, 9.17) is 10.2 Å². The van der Waals surface area contributed by atoms with Gasteiger partial charge in [0.2, 0.25) is 5.95 Å². The monoisotopic (exact) mass is 413 g/mol. The van der Waals surface area contributed by atoms with Crippen LogP contribution in [0.2, 0.25) is 0 Å². The lowest BCUT2D eigenvalue weighted by atomic mass is 10.00. The highest BCUT2D eigenvalue weighted by Gasteiger charge is 2.12. The van der Waals surface area contributed by atoms with Gasteiger partial charge in [0.25, 0.3) is 0 Å². The summed E-state index contributed by atoms with van der Waals surface area (Å²) in [7, 11) is 0. The van der Waals surface area contributed by atoms with E-state index < -0.39 is 0 Å². The first-order chi connectivity index (χ1) is 15.8. The number of nitrogens with two attached hydrogens (primary N) is 1. The molecule has 0 saturated heterocycles. The molecule has 6 aromatic rings. The van der Waals surface area contributed by atoms with E-state index in [1.165, 1.54) is 0 Å². The molecule has 0 aliphatic rings. The molecule has 2 aromatic heterocycles. The number of hydrogen-bond donors (Lipinski definition) is 1. The van der Waals surface area contributed by atoms with Gasteiger partial charge in [0.1, 0.15) is 11.2 Å². The van der Waals surface area contributed by atoms with Gasteiger partial charge in [-0.3, -0.25) is 0 Å². The third kappa shape index (κ3) is 3.10. The molecule has 0 aliphatic carbocycles. The van der Waals surface area contributed by atoms with Crippen LogP contribution >= 0.6 is 0 Å². The van der Waals surface area contributed by atoms with E-state index in [-0.39, 0.29) is 5.95 Å². The fraction of sp³-hybridized carbons (Fsp3) is 0. The van der Waals surface area contributed by atoms with Gasteiger partial charge in [0.05, 0.1) is 11.4 Å². The third-order valence-corrected chi connectivity index (χ3v) is 5.71. The van der Waals surface area contributed by atoms with Gasteiger partial charge in [-0.15, -0.1) is 0 Å². The minimum absolute atomic E-state index is 0.262. The number of rotatable bonds is 3. The van der Waals surface area contributed by atoms with Gasteiger partial charge in [0, 0.05) is 27.5 Å². The van der Waals surface area contributed by atoms with E-state index in [2.05, 4.69) is 58.5 Å². The Hall–Kier alpha value is -4.44. The number of furan rings is 1. The number of para-hydroxylation sites is 2. The smallest absolute Gasteiger partial charge is 0.221 e. The molecule has 0 aliphatic heterocycles. The molecule has 0 radical (unpaired) electrons. The van der Waals surface area contributed by atoms with Crippen LogP contribution < -0.4 is 5.73 Å². The molecule has 32 heavy (non-hydrogen) atoms. The first-order valence-corrected chi connectivity index (χ1v) is 10.5. The van der Waals surface area contributed by atoms with Crippen molar-refractivity contribution in [3.63, 3.8) is 0 Å². The molecule has 0 amide bonds. The highest BCUT2D eigenvalue weighted by molar-refractivity contribution is 6.09. The predicted molar refractivity (Wildman–Crippen MR) is 130 cm³/mol. The average molecular weight is 413 g/mol. The van der Waals surface area contributed by atoms with Crippen molar-refractivity contribution in [3.8, 4) is 33.6 Å². The van der Waals surface area contributed by atoms with Crippen LogP contribution in [0.5, 0.6) is 0 Å². The number of nitrogens with zero attached hydrogens (tertiary/aromatic N) is 2. The SMILES string of the molecule is Nc1nc(-c2ccccc2)cc(-c2ccc(-c3cccc4c3oc3ccccc34)cc2)n1. The number of benzene rings is 4. The van der Waals surface area contributed by atoms with E-state index in [1.54, 1.807) is 0 Å². The standard InChI is InChI=1S/C28H19N3O/c29-28-30-24(19-7-2-1-3-8-19)17-25(31-28)20-15-13-18(14-16-20)21-10-6-11-23-22-9-4-5-12-26(22)32-27(21)23/h1-17H,(H2,29,30,31). The minimum Gasteiger partial charge on any atom is -0.455 e. The van der Waals surface area contributed by atoms with Gasteiger partial charge < -0.3 is 10.2 Å². The zero-order valence-electron chi connectivity index (χ0n) is 17.2. The van der Waals surface area contributed by atoms with Crippen molar-refractivity contribution in [2.24, 2.45) is 0 Å². The van der Waals surface area contributed by atoms with Crippen LogP contribution in [0.4, 0.5) is 5.95 Å². The Kier molecular flexibility index (Phi) is 4.22. The zero-order chi connectivity index (χ0) is 21.5. The van der Waals surface area contributed by atoms with Crippen LogP contribution in [-0.2, 0) is 0 Å². The third-order valence-electron chi connectivity index (χ3n) is 5.71. The maximum absolute atomic E-state index is 6.20. The Balaban J connectivity index is 1.42. The first-order valence-electron chi connectivity index (χ1n) is 10.5. The van der Waals surface area contributed by atoms with Crippen LogP contribution in [0.15, 0.2) is 108 Å². The minimum atomic E-state index is 0.262. The van der Waals surface area contributed by atoms with Crippen molar-refractivity contribution in [1.82, 2.24) is 9.97 Å². The molecule has 0 spiro atoms. The Morgan fingerprint density at radius 3 is 1.97 bits per heavy atom. The van der Waals surface area contributed by atoms with Crippen LogP contribution in [0.3, 0.4) is 0 Å². The van der Waals surface area contributed by atoms with Gasteiger partial charge in [-0.05, 0) is 17.7 Å². The molecular weight excluding hydrogens is 394 g/mol. The van der Waals surface area contributed by atoms with E-state index in [1.807, 2.05) is 54.6 Å². The number of nitrogen functional groups attached to an aromatic ring is 1. The van der Waals surface area contributed by atoms with Crippen LogP contribution in [0, 0.1) is 0 Å². The molecule has 0 unspecified atom stereocenters. The number of fused-ring (bicyclic) bond motifs is 3. The summed E-state index contributed by atoms with van der Waals surface area (Å²) < 4.78 is 6.20. The molecular formula is C28H19N3O. The van der Waals surface area contributed by atoms with Crippen molar-refractivity contribution >= 4 is 27.9 Å². The fourth-order valence-corrected chi connectivity index (χ4v) is 4.17. The molecule has 152 valence electrons. The van der Waals surface area contributed by atoms with Gasteiger partial charge >= 0.3 is 0 Å². The first kappa shape index (κ1) is 18.3. The number of aromatic nitrogens is 2. The maximum Gasteiger partial charge on any atom is 0.221 e. The lowest BCUT2D eigenvalue weighted by Gasteiger charge is -2.08. The van der Waals surface area contributed by atoms with Crippen molar-refractivity contribution in [2.45, 2.75) is 0 Å². The molecule has 4 nitrogen and oxygen atoms in total. The summed E-state index contributed by atoms with van der Waals surface area (Å²) in [5, 5.41) is 2.25. The van der Waals surface area contributed by atoms with E-state index in [0.717, 1.165) is 55.6 Å². The summed E-state index contributed by atoms with van der Waals surface area (Å²) in [4.78, 5) is 8.86. The van der Waals surface area contributed by atoms with Crippen LogP contribution in [0.25, 0.3) is 55.6 Å². The Labute approximate surface area is 185 Å². The van der Waals surface area contributed by atoms with Crippen molar-refractivity contribution in [3.05, 3.63) is 103 Å². The largest absolute Gasteiger partial charge is 0.455 e. The second-order valence-corrected chi connectivity index (χ2v) is 7.72. The fourth-order valence-electron chi connectivity index (χ4n) is 4.17. The molecule has 0 bridgehead atoms. The molecule has 4 aromatic carbocycles. The van der Waals surface area contributed by atoms with Gasteiger partial charge in [-0.1, -0.05) is 91.0 Å². The average Bonchev–Trinajstić information content (AvgIpc) is 3.23. The van der Waals surface area contributed by atoms with Crippen molar-refractivity contribution < 1.29 is 4.42 Å². The molecule has 2 N–H and O–H groups in total. The summed E-state index contributed by atoms with van der Waals surface area (Å²) >= 11 is 0. The summed E-state index contributed by atoms with van der Waals surface area (Å²) in [5.41, 5.74) is 13.6. The normalized spacial score (nSPS) is 11.2. The van der Waals surface area contributed by atoms with Crippen molar-refractivity contribution in [2.75, 3.05) is 5.73 Å². The quantitative estimate of drug-likeness (QED) is 0.341. The number of hydrogen-bond acceptors (Lipinski definition) is 4. The predicted octanol–water partition coefficient (Wildman–Crippen LogP) is 6.96. The zero-order valence-corrected chi connectivity index (χ0v) is 17.2. The van der Waals surface area contributed by atoms with Crippen LogP contribution in [-0.4, -0.2) is 9.97 Å². The van der Waals surface area contributed by atoms with Gasteiger partial charge in [-0.2, -0.15) is 0 Å². The molecule has 0 fully saturated rings. The summed E-state index contributed by atoms with van der Waals surface area (Å²) in [6.45, 7) is 0. The highest BCUT2D eigenvalue weighted by Crippen LogP contribution is 2.36. The van der Waals surface area contributed by atoms with Crippen molar-refractivity contribution in [1.29, 1.82) is 0 Å². The Morgan fingerprint density at radius 1 is 0.562 bits per heavy atom. The second-order valence-electron chi connectivity index (χ2n) is 7.72. The molecule has 0 atom stereocenters. The molecule has 4 heteroatoms. The molecule has 0 saturated carbocycles. The highest BCUT2D eigenvalue weighted by atomic mass is 16.3. The summed E-state index contributed by atoms with van der Waals surface area (Å²) in [6, 6.07) is 34.7. The topological polar surface area (TPSA) is 64.9 Å². The lowest BCUT2D eigenvalue weighted by Crippen LogP contribution is -1.98. The maximum atomic E-state index is 6.20. The van der Waals surface area contributed by atoms with E-state index >= 15 is 0 Å². The second kappa shape index (κ2) is 7.36. The van der Waals surface area contributed by atoms with Gasteiger partial charge in [-0.25, -0.2) is 9.97 Å². The molecule has 6 rings (SSSR count). The van der Waals surface area contributed by atoms with E-state index in [9.17, 15) is 0 Å². The van der Waals surface area contributed by atoms with Crippen LogP contribution in [0.1, 0.15) is 0 Å². The molecule has 2 heterocycles. The van der Waals surface area contributed by atoms with E-state index in [0.29, 0.717) is 0 Å². The Morgan fingerprint density at radius 2 is 1.19 bits per heavy atom. The summed E-state index contributed by atoms with van der Waals surface area (Å²) in [6.07, 6.45) is 0. The van der Waals surface area contributed by atoms with Gasteiger partial charge in [0.15, 0.2) is 0 Å². The Bertz CT molecular complexity index is 1570. The summed E-state index contributed by atoms with van der Waals surface area (Å²) in [5.74, 6) is 0.262. The number of anilines is 1. The lowest BCUT2D eigenvalue weighted by molar-refractivity contribution is 0.670.